The third kappa shape index (κ3) is 4.92. The summed E-state index contributed by atoms with van der Waals surface area (Å²) in [4.78, 5) is 24.3. The molecule has 0 unspecified atom stereocenters. The number of hydrogen-bond donors (Lipinski definition) is 3. The third-order valence-corrected chi connectivity index (χ3v) is 2.22. The van der Waals surface area contributed by atoms with E-state index in [1.165, 1.54) is 15.8 Å². The molecule has 9 heteroatoms. The first-order valence-electron chi connectivity index (χ1n) is 5.88. The number of nitrogens with two attached hydrogens (primary N) is 1. The van der Waals surface area contributed by atoms with Crippen molar-refractivity contribution in [2.24, 2.45) is 5.73 Å². The van der Waals surface area contributed by atoms with Crippen LogP contribution in [0.3, 0.4) is 0 Å². The van der Waals surface area contributed by atoms with Crippen molar-refractivity contribution in [1.82, 2.24) is 30.5 Å². The van der Waals surface area contributed by atoms with Gasteiger partial charge in [0.2, 0.25) is 0 Å². The zero-order valence-corrected chi connectivity index (χ0v) is 11.1. The molecule has 0 saturated heterocycles. The molecule has 4 N–H and O–H groups in total. The fourth-order valence-corrected chi connectivity index (χ4v) is 1.24. The van der Waals surface area contributed by atoms with E-state index in [2.05, 4.69) is 20.9 Å². The Morgan fingerprint density at radius 2 is 2.05 bits per heavy atom. The molecule has 0 bridgehead atoms. The highest BCUT2D eigenvalue weighted by atomic mass is 16.2. The Kier molecular flexibility index (Phi) is 5.73. The number of nitrogens with one attached hydrogen (secondary N) is 2. The number of nitrogens with zero attached hydrogens (tertiary/aromatic N) is 4. The number of carbonyl (C=O) groups excluding carboxylic acids is 2. The van der Waals surface area contributed by atoms with Crippen molar-refractivity contribution in [3.05, 3.63) is 11.9 Å². The van der Waals surface area contributed by atoms with E-state index in [9.17, 15) is 9.59 Å². The van der Waals surface area contributed by atoms with Gasteiger partial charge in [-0.3, -0.25) is 9.48 Å². The van der Waals surface area contributed by atoms with E-state index in [-0.39, 0.29) is 17.6 Å². The number of aromatic nitrogens is 3. The summed E-state index contributed by atoms with van der Waals surface area (Å²) in [7, 11) is 3.29. The van der Waals surface area contributed by atoms with Crippen LogP contribution in [0.15, 0.2) is 6.20 Å². The van der Waals surface area contributed by atoms with Gasteiger partial charge in [0, 0.05) is 33.7 Å². The minimum absolute atomic E-state index is 0.205. The lowest BCUT2D eigenvalue weighted by atomic mass is 10.4. The van der Waals surface area contributed by atoms with Crippen LogP contribution in [0.2, 0.25) is 0 Å². The molecule has 106 valence electrons. The molecule has 0 radical (unpaired) electrons. The van der Waals surface area contributed by atoms with Crippen molar-refractivity contribution in [1.29, 1.82) is 0 Å². The first kappa shape index (κ1) is 14.9. The van der Waals surface area contributed by atoms with Crippen molar-refractivity contribution < 1.29 is 9.59 Å². The summed E-state index contributed by atoms with van der Waals surface area (Å²) >= 11 is 0. The molecule has 0 saturated carbocycles. The van der Waals surface area contributed by atoms with Crippen LogP contribution in [0.1, 0.15) is 10.5 Å². The van der Waals surface area contributed by atoms with E-state index in [1.54, 1.807) is 14.1 Å². The monoisotopic (exact) mass is 269 g/mol. The maximum absolute atomic E-state index is 11.7. The van der Waals surface area contributed by atoms with Crippen LogP contribution in [-0.2, 0) is 6.54 Å². The number of carbonyl (C=O) groups is 2. The molecule has 19 heavy (non-hydrogen) atoms. The Bertz CT molecular complexity index is 429. The van der Waals surface area contributed by atoms with E-state index < -0.39 is 0 Å². The van der Waals surface area contributed by atoms with Gasteiger partial charge in [-0.25, -0.2) is 4.79 Å². The summed E-state index contributed by atoms with van der Waals surface area (Å²) in [5.41, 5.74) is 5.59. The van der Waals surface area contributed by atoms with Crippen molar-refractivity contribution in [2.45, 2.75) is 6.54 Å². The summed E-state index contributed by atoms with van der Waals surface area (Å²) < 4.78 is 1.50. The molecular formula is C10H19N7O2. The lowest BCUT2D eigenvalue weighted by molar-refractivity contribution is 0.0948. The van der Waals surface area contributed by atoms with Crippen LogP contribution >= 0.6 is 0 Å². The second-order valence-electron chi connectivity index (χ2n) is 4.04. The standard InChI is InChI=1S/C10H19N7O2/c1-16(2)10(19)13-5-4-12-9(18)8-7-17(6-3-11)15-14-8/h7H,3-6,11H2,1-2H3,(H,12,18)(H,13,19). The van der Waals surface area contributed by atoms with Crippen molar-refractivity contribution in [3.63, 3.8) is 0 Å². The summed E-state index contributed by atoms with van der Waals surface area (Å²) in [6, 6.07) is -0.205. The highest BCUT2D eigenvalue weighted by Crippen LogP contribution is 1.92. The normalized spacial score (nSPS) is 10.1. The predicted molar refractivity (Wildman–Crippen MR) is 68.5 cm³/mol. The first-order valence-corrected chi connectivity index (χ1v) is 5.88. The van der Waals surface area contributed by atoms with Gasteiger partial charge in [-0.1, -0.05) is 5.21 Å². The Morgan fingerprint density at radius 1 is 1.37 bits per heavy atom. The van der Waals surface area contributed by atoms with E-state index in [0.29, 0.717) is 26.2 Å². The molecule has 0 atom stereocenters. The molecule has 1 heterocycles. The maximum atomic E-state index is 11.7. The predicted octanol–water partition coefficient (Wildman–Crippen LogP) is -1.76. The molecular weight excluding hydrogens is 250 g/mol. The molecule has 0 aliphatic heterocycles. The largest absolute Gasteiger partial charge is 0.349 e. The van der Waals surface area contributed by atoms with Gasteiger partial charge in [0.15, 0.2) is 5.69 Å². The molecule has 0 aliphatic carbocycles. The number of urea groups is 1. The highest BCUT2D eigenvalue weighted by molar-refractivity contribution is 5.91. The van der Waals surface area contributed by atoms with Crippen molar-refractivity contribution in [3.8, 4) is 0 Å². The van der Waals surface area contributed by atoms with Gasteiger partial charge in [-0.05, 0) is 0 Å². The minimum Gasteiger partial charge on any atom is -0.349 e. The smallest absolute Gasteiger partial charge is 0.316 e. The fraction of sp³-hybridized carbons (Fsp3) is 0.600. The van der Waals surface area contributed by atoms with E-state index in [1.807, 2.05) is 0 Å². The van der Waals surface area contributed by atoms with E-state index in [4.69, 9.17) is 5.73 Å². The zero-order valence-electron chi connectivity index (χ0n) is 11.1. The fourth-order valence-electron chi connectivity index (χ4n) is 1.24. The van der Waals surface area contributed by atoms with Crippen LogP contribution in [0.25, 0.3) is 0 Å². The van der Waals surface area contributed by atoms with Crippen LogP contribution in [-0.4, -0.2) is 65.6 Å². The second-order valence-corrected chi connectivity index (χ2v) is 4.04. The molecule has 9 nitrogen and oxygen atoms in total. The van der Waals surface area contributed by atoms with E-state index in [0.717, 1.165) is 0 Å². The van der Waals surface area contributed by atoms with Gasteiger partial charge in [-0.15, -0.1) is 5.10 Å². The molecule has 0 aliphatic rings. The van der Waals surface area contributed by atoms with Gasteiger partial charge in [0.1, 0.15) is 0 Å². The number of rotatable bonds is 6. The van der Waals surface area contributed by atoms with Crippen LogP contribution < -0.4 is 16.4 Å². The van der Waals surface area contributed by atoms with Gasteiger partial charge >= 0.3 is 6.03 Å². The van der Waals surface area contributed by atoms with Crippen molar-refractivity contribution in [2.75, 3.05) is 33.7 Å². The Balaban J connectivity index is 2.29. The summed E-state index contributed by atoms with van der Waals surface area (Å²) in [6.45, 7) is 1.61. The Hall–Kier alpha value is -2.16. The number of amides is 3. The zero-order chi connectivity index (χ0) is 14.3. The molecule has 1 aromatic rings. The molecule has 1 rings (SSSR count). The molecule has 0 spiro atoms. The topological polar surface area (TPSA) is 118 Å². The first-order chi connectivity index (χ1) is 9.04. The lowest BCUT2D eigenvalue weighted by Gasteiger charge is -2.11. The summed E-state index contributed by atoms with van der Waals surface area (Å²) in [6.07, 6.45) is 1.53. The van der Waals surface area contributed by atoms with E-state index >= 15 is 0 Å². The number of hydrogen-bond acceptors (Lipinski definition) is 5. The van der Waals surface area contributed by atoms with Gasteiger partial charge in [0.05, 0.1) is 12.7 Å². The quantitative estimate of drug-likeness (QED) is 0.529. The molecule has 0 fully saturated rings. The third-order valence-electron chi connectivity index (χ3n) is 2.22. The lowest BCUT2D eigenvalue weighted by Crippen LogP contribution is -2.39. The van der Waals surface area contributed by atoms with Crippen LogP contribution in [0.5, 0.6) is 0 Å². The maximum Gasteiger partial charge on any atom is 0.316 e. The SMILES string of the molecule is CN(C)C(=O)NCCNC(=O)c1cn(CCN)nn1. The summed E-state index contributed by atoms with van der Waals surface area (Å²) in [5, 5.41) is 12.7. The average molecular weight is 269 g/mol. The van der Waals surface area contributed by atoms with Gasteiger partial charge < -0.3 is 21.3 Å². The van der Waals surface area contributed by atoms with Gasteiger partial charge in [0.25, 0.3) is 5.91 Å². The molecule has 0 aromatic carbocycles. The van der Waals surface area contributed by atoms with Crippen LogP contribution in [0.4, 0.5) is 4.79 Å². The van der Waals surface area contributed by atoms with Crippen molar-refractivity contribution >= 4 is 11.9 Å². The molecule has 3 amide bonds. The second kappa shape index (κ2) is 7.31. The highest BCUT2D eigenvalue weighted by Gasteiger charge is 2.10. The summed E-state index contributed by atoms with van der Waals surface area (Å²) in [5.74, 6) is -0.331. The molecule has 1 aromatic heterocycles. The Labute approximate surface area is 111 Å². The minimum atomic E-state index is -0.331. The van der Waals surface area contributed by atoms with Gasteiger partial charge in [-0.2, -0.15) is 0 Å². The van der Waals surface area contributed by atoms with Crippen LogP contribution in [0, 0.1) is 0 Å². The average Bonchev–Trinajstić information content (AvgIpc) is 2.83. The Morgan fingerprint density at radius 3 is 2.68 bits per heavy atom.